The first-order valence-corrected chi connectivity index (χ1v) is 13.9. The lowest BCUT2D eigenvalue weighted by Gasteiger charge is -2.30. The smallest absolute Gasteiger partial charge is 0.254 e. The predicted molar refractivity (Wildman–Crippen MR) is 159 cm³/mol. The van der Waals surface area contributed by atoms with E-state index in [1.165, 1.54) is 17.0 Å². The molecule has 1 aliphatic rings. The van der Waals surface area contributed by atoms with E-state index in [1.54, 1.807) is 54.3 Å². The molecule has 0 atom stereocenters. The molecule has 4 aromatic rings. The van der Waals surface area contributed by atoms with E-state index in [9.17, 15) is 14.0 Å². The number of carbonyl (C=O) groups is 2. The van der Waals surface area contributed by atoms with Crippen LogP contribution in [0.5, 0.6) is 5.75 Å². The van der Waals surface area contributed by atoms with Gasteiger partial charge in [0, 0.05) is 54.2 Å². The molecule has 0 aliphatic carbocycles. The van der Waals surface area contributed by atoms with Crippen LogP contribution in [0.2, 0.25) is 5.02 Å². The highest BCUT2D eigenvalue weighted by Crippen LogP contribution is 2.26. The van der Waals surface area contributed by atoms with Crippen LogP contribution in [0, 0.1) is 5.82 Å². The van der Waals surface area contributed by atoms with Crippen LogP contribution in [-0.2, 0) is 9.53 Å². The van der Waals surface area contributed by atoms with E-state index in [2.05, 4.69) is 15.2 Å². The Morgan fingerprint density at radius 1 is 1.02 bits per heavy atom. The molecule has 11 heteroatoms. The van der Waals surface area contributed by atoms with E-state index < -0.39 is 5.91 Å². The summed E-state index contributed by atoms with van der Waals surface area (Å²) in [6.45, 7) is 3.54. The lowest BCUT2D eigenvalue weighted by atomic mass is 10.1. The third-order valence-corrected chi connectivity index (χ3v) is 7.20. The van der Waals surface area contributed by atoms with Crippen molar-refractivity contribution >= 4 is 29.4 Å². The zero-order valence-corrected chi connectivity index (χ0v) is 23.9. The van der Waals surface area contributed by atoms with Crippen LogP contribution in [-0.4, -0.2) is 84.2 Å². The number of nitrogens with zero attached hydrogens (tertiary/aromatic N) is 4. The standard InChI is InChI=1S/C31H31ClFN5O4/c1-41-27-12-4-22(5-13-27)28-20-38(26-10-8-25(33)9-11-26)31(34-28)35-29(39)21-37(15-14-36-16-18-42-19-17-36)30(40)23-2-6-24(32)7-3-23/h2-13,20H,14-19,21H2,1H3,(H,34,35,39). The third kappa shape index (κ3) is 7.33. The summed E-state index contributed by atoms with van der Waals surface area (Å²) in [5, 5.41) is 3.38. The minimum absolute atomic E-state index is 0.194. The molecule has 9 nitrogen and oxygen atoms in total. The monoisotopic (exact) mass is 591 g/mol. The van der Waals surface area contributed by atoms with Gasteiger partial charge in [0.15, 0.2) is 0 Å². The Morgan fingerprint density at radius 3 is 2.38 bits per heavy atom. The average molecular weight is 592 g/mol. The van der Waals surface area contributed by atoms with Gasteiger partial charge in [-0.2, -0.15) is 0 Å². The van der Waals surface area contributed by atoms with Crippen LogP contribution in [0.3, 0.4) is 0 Å². The van der Waals surface area contributed by atoms with Gasteiger partial charge < -0.3 is 14.4 Å². The highest BCUT2D eigenvalue weighted by molar-refractivity contribution is 6.30. The summed E-state index contributed by atoms with van der Waals surface area (Å²) >= 11 is 6.02. The van der Waals surface area contributed by atoms with E-state index in [1.807, 2.05) is 24.3 Å². The first-order valence-electron chi connectivity index (χ1n) is 13.5. The van der Waals surface area contributed by atoms with Crippen LogP contribution < -0.4 is 10.1 Å². The maximum atomic E-state index is 13.7. The number of aromatic nitrogens is 2. The maximum absolute atomic E-state index is 13.7. The van der Waals surface area contributed by atoms with Crippen LogP contribution in [0.15, 0.2) is 79.0 Å². The Bertz CT molecular complexity index is 1500. The minimum Gasteiger partial charge on any atom is -0.497 e. The molecule has 5 rings (SSSR count). The third-order valence-electron chi connectivity index (χ3n) is 6.95. The summed E-state index contributed by atoms with van der Waals surface area (Å²) in [5.41, 5.74) is 2.44. The van der Waals surface area contributed by atoms with Crippen molar-refractivity contribution in [2.75, 3.05) is 58.4 Å². The molecule has 2 amide bonds. The van der Waals surface area contributed by atoms with Crippen molar-refractivity contribution in [1.82, 2.24) is 19.4 Å². The quantitative estimate of drug-likeness (QED) is 0.286. The number of methoxy groups -OCH3 is 1. The maximum Gasteiger partial charge on any atom is 0.254 e. The largest absolute Gasteiger partial charge is 0.497 e. The van der Waals surface area contributed by atoms with Gasteiger partial charge in [-0.05, 0) is 72.8 Å². The van der Waals surface area contributed by atoms with Gasteiger partial charge in [0.05, 0.1) is 26.0 Å². The van der Waals surface area contributed by atoms with E-state index in [4.69, 9.17) is 21.1 Å². The molecule has 218 valence electrons. The first-order chi connectivity index (χ1) is 20.4. The van der Waals surface area contributed by atoms with Crippen LogP contribution >= 0.6 is 11.6 Å². The van der Waals surface area contributed by atoms with Gasteiger partial charge in [-0.15, -0.1) is 0 Å². The topological polar surface area (TPSA) is 88.9 Å². The predicted octanol–water partition coefficient (Wildman–Crippen LogP) is 4.75. The number of rotatable bonds is 10. The molecule has 1 aliphatic heterocycles. The molecule has 0 bridgehead atoms. The van der Waals surface area contributed by atoms with Crippen molar-refractivity contribution in [3.8, 4) is 22.7 Å². The number of hydrogen-bond acceptors (Lipinski definition) is 6. The van der Waals surface area contributed by atoms with Gasteiger partial charge in [0.1, 0.15) is 18.1 Å². The number of benzene rings is 3. The van der Waals surface area contributed by atoms with Gasteiger partial charge in [-0.3, -0.25) is 24.4 Å². The Hall–Kier alpha value is -4.25. The summed E-state index contributed by atoms with van der Waals surface area (Å²) in [6.07, 6.45) is 1.76. The van der Waals surface area contributed by atoms with Gasteiger partial charge >= 0.3 is 0 Å². The second-order valence-electron chi connectivity index (χ2n) is 9.76. The fourth-order valence-corrected chi connectivity index (χ4v) is 4.75. The molecule has 1 fully saturated rings. The first kappa shape index (κ1) is 29.2. The van der Waals surface area contributed by atoms with Crippen molar-refractivity contribution in [2.24, 2.45) is 0 Å². The molecule has 2 heterocycles. The van der Waals surface area contributed by atoms with Crippen LogP contribution in [0.25, 0.3) is 16.9 Å². The number of anilines is 1. The van der Waals surface area contributed by atoms with Crippen LogP contribution in [0.4, 0.5) is 10.3 Å². The molecule has 0 saturated carbocycles. The van der Waals surface area contributed by atoms with Crippen molar-refractivity contribution in [2.45, 2.75) is 0 Å². The average Bonchev–Trinajstić information content (AvgIpc) is 3.43. The highest BCUT2D eigenvalue weighted by atomic mass is 35.5. The van der Waals surface area contributed by atoms with E-state index in [0.717, 1.165) is 18.7 Å². The van der Waals surface area contributed by atoms with E-state index >= 15 is 0 Å². The van der Waals surface area contributed by atoms with Crippen molar-refractivity contribution in [3.63, 3.8) is 0 Å². The Kier molecular flexibility index (Phi) is 9.48. The number of hydrogen-bond donors (Lipinski definition) is 1. The summed E-state index contributed by atoms with van der Waals surface area (Å²) in [7, 11) is 1.59. The van der Waals surface area contributed by atoms with Gasteiger partial charge in [0.2, 0.25) is 11.9 Å². The SMILES string of the molecule is COc1ccc(-c2cn(-c3ccc(F)cc3)c(NC(=O)CN(CCN3CCOCC3)C(=O)c3ccc(Cl)cc3)n2)cc1. The zero-order valence-electron chi connectivity index (χ0n) is 23.1. The summed E-state index contributed by atoms with van der Waals surface area (Å²) in [5.74, 6) is -0.140. The molecular weight excluding hydrogens is 561 g/mol. The molecule has 1 aromatic heterocycles. The molecular formula is C31H31ClFN5O4. The van der Waals surface area contributed by atoms with Crippen molar-refractivity contribution < 1.29 is 23.5 Å². The Balaban J connectivity index is 1.38. The number of carbonyl (C=O) groups excluding carboxylic acids is 2. The number of nitrogens with one attached hydrogen (secondary N) is 1. The van der Waals surface area contributed by atoms with E-state index in [0.29, 0.717) is 54.0 Å². The molecule has 0 unspecified atom stereocenters. The number of halogens is 2. The molecule has 1 saturated heterocycles. The Labute approximate surface area is 248 Å². The zero-order chi connectivity index (χ0) is 29.5. The number of ether oxygens (including phenoxy) is 2. The molecule has 42 heavy (non-hydrogen) atoms. The highest BCUT2D eigenvalue weighted by Gasteiger charge is 2.22. The lowest BCUT2D eigenvalue weighted by molar-refractivity contribution is -0.117. The Morgan fingerprint density at radius 2 is 1.71 bits per heavy atom. The molecule has 0 spiro atoms. The molecule has 1 N–H and O–H groups in total. The summed E-state index contributed by atoms with van der Waals surface area (Å²) in [4.78, 5) is 35.3. The number of morpholine rings is 1. The number of imidazole rings is 1. The molecule has 3 aromatic carbocycles. The van der Waals surface area contributed by atoms with E-state index in [-0.39, 0.29) is 24.2 Å². The number of amides is 2. The van der Waals surface area contributed by atoms with Gasteiger partial charge in [-0.1, -0.05) is 11.6 Å². The van der Waals surface area contributed by atoms with Crippen LogP contribution in [0.1, 0.15) is 10.4 Å². The summed E-state index contributed by atoms with van der Waals surface area (Å²) in [6, 6.07) is 19.8. The van der Waals surface area contributed by atoms with Crippen molar-refractivity contribution in [1.29, 1.82) is 0 Å². The summed E-state index contributed by atoms with van der Waals surface area (Å²) < 4.78 is 26.0. The van der Waals surface area contributed by atoms with Crippen molar-refractivity contribution in [3.05, 3.63) is 95.4 Å². The fourth-order valence-electron chi connectivity index (χ4n) is 4.62. The normalized spacial score (nSPS) is 13.5. The second-order valence-corrected chi connectivity index (χ2v) is 10.2. The minimum atomic E-state index is -0.422. The second kappa shape index (κ2) is 13.6. The molecule has 0 radical (unpaired) electrons. The van der Waals surface area contributed by atoms with Gasteiger partial charge in [0.25, 0.3) is 5.91 Å². The lowest BCUT2D eigenvalue weighted by Crippen LogP contribution is -2.45. The fraction of sp³-hybridized carbons (Fsp3) is 0.258. The van der Waals surface area contributed by atoms with Gasteiger partial charge in [-0.25, -0.2) is 9.37 Å².